The maximum Gasteiger partial charge on any atom is 0.407 e. The number of methoxy groups -OCH3 is 1. The number of likely N-dealkylation sites (tertiary alicyclic amines) is 1. The molecule has 1 N–H and O–H groups in total. The molecule has 0 saturated carbocycles. The quantitative estimate of drug-likeness (QED) is 0.690. The summed E-state index contributed by atoms with van der Waals surface area (Å²) in [6, 6.07) is -1.47. The molecule has 0 aromatic rings. The number of rotatable bonds is 5. The van der Waals surface area contributed by atoms with E-state index in [2.05, 4.69) is 10.1 Å². The lowest BCUT2D eigenvalue weighted by Gasteiger charge is -2.33. The van der Waals surface area contributed by atoms with Gasteiger partial charge < -0.3 is 19.7 Å². The van der Waals surface area contributed by atoms with Crippen LogP contribution in [0.15, 0.2) is 0 Å². The number of ether oxygens (including phenoxy) is 2. The molecular formula is C18H30N2O6S. The van der Waals surface area contributed by atoms with Gasteiger partial charge >= 0.3 is 12.1 Å². The highest BCUT2D eigenvalue weighted by molar-refractivity contribution is 7.85. The highest BCUT2D eigenvalue weighted by Gasteiger charge is 2.51. The molecule has 0 bridgehead atoms. The molecule has 27 heavy (non-hydrogen) atoms. The minimum Gasteiger partial charge on any atom is -0.464 e. The highest BCUT2D eigenvalue weighted by atomic mass is 32.2. The van der Waals surface area contributed by atoms with Crippen LogP contribution in [0.1, 0.15) is 40.0 Å². The first-order valence-corrected chi connectivity index (χ1v) is 10.9. The SMILES string of the molecule is CCOC(=O)C1CC2(CCS(=O)CC2)CN1C(=O)C(NC(=O)OC)C(C)C. The summed E-state index contributed by atoms with van der Waals surface area (Å²) in [7, 11) is 0.414. The second kappa shape index (κ2) is 9.03. The van der Waals surface area contributed by atoms with Crippen LogP contribution in [0, 0.1) is 11.3 Å². The summed E-state index contributed by atoms with van der Waals surface area (Å²) in [4.78, 5) is 39.0. The Morgan fingerprint density at radius 3 is 2.41 bits per heavy atom. The smallest absolute Gasteiger partial charge is 0.407 e. The molecule has 2 rings (SSSR count). The summed E-state index contributed by atoms with van der Waals surface area (Å²) in [6.45, 7) is 6.04. The van der Waals surface area contributed by atoms with Gasteiger partial charge in [0.1, 0.15) is 12.1 Å². The van der Waals surface area contributed by atoms with Gasteiger partial charge in [-0.05, 0) is 37.5 Å². The Hall–Kier alpha value is -1.64. The van der Waals surface area contributed by atoms with Crippen LogP contribution >= 0.6 is 0 Å². The Morgan fingerprint density at radius 2 is 1.89 bits per heavy atom. The van der Waals surface area contributed by atoms with Crippen LogP contribution in [0.25, 0.3) is 0 Å². The van der Waals surface area contributed by atoms with Crippen LogP contribution in [-0.4, -0.2) is 70.9 Å². The van der Waals surface area contributed by atoms with Crippen molar-refractivity contribution >= 4 is 28.8 Å². The maximum atomic E-state index is 13.2. The summed E-state index contributed by atoms with van der Waals surface area (Å²) in [5.74, 6) is 0.277. The molecule has 2 unspecified atom stereocenters. The fourth-order valence-electron chi connectivity index (χ4n) is 3.87. The molecule has 0 aromatic heterocycles. The van der Waals surface area contributed by atoms with Crippen LogP contribution < -0.4 is 5.32 Å². The van der Waals surface area contributed by atoms with Crippen molar-refractivity contribution in [2.45, 2.75) is 52.1 Å². The molecule has 2 aliphatic heterocycles. The Morgan fingerprint density at radius 1 is 1.26 bits per heavy atom. The minimum absolute atomic E-state index is 0.171. The lowest BCUT2D eigenvalue weighted by molar-refractivity contribution is -0.153. The van der Waals surface area contributed by atoms with Gasteiger partial charge in [0, 0.05) is 28.9 Å². The third-order valence-electron chi connectivity index (χ3n) is 5.46. The van der Waals surface area contributed by atoms with Gasteiger partial charge in [-0.15, -0.1) is 0 Å². The Balaban J connectivity index is 2.25. The number of nitrogens with zero attached hydrogens (tertiary/aromatic N) is 1. The second-order valence-corrected chi connectivity index (χ2v) is 9.34. The second-order valence-electron chi connectivity index (χ2n) is 7.64. The molecule has 2 heterocycles. The number of esters is 1. The first kappa shape index (κ1) is 21.7. The van der Waals surface area contributed by atoms with E-state index in [0.717, 1.165) is 12.8 Å². The normalized spacial score (nSPS) is 28.9. The van der Waals surface area contributed by atoms with Gasteiger partial charge in [-0.3, -0.25) is 9.00 Å². The molecule has 154 valence electrons. The van der Waals surface area contributed by atoms with E-state index in [-0.39, 0.29) is 23.8 Å². The molecule has 2 amide bonds. The summed E-state index contributed by atoms with van der Waals surface area (Å²) >= 11 is 0. The van der Waals surface area contributed by atoms with Crippen molar-refractivity contribution in [3.8, 4) is 0 Å². The van der Waals surface area contributed by atoms with Gasteiger partial charge in [-0.2, -0.15) is 0 Å². The summed E-state index contributed by atoms with van der Waals surface area (Å²) < 4.78 is 21.6. The van der Waals surface area contributed by atoms with Gasteiger partial charge in [-0.1, -0.05) is 13.8 Å². The van der Waals surface area contributed by atoms with E-state index in [0.29, 0.717) is 24.5 Å². The third kappa shape index (κ3) is 5.00. The molecule has 2 atom stereocenters. The van der Waals surface area contributed by atoms with E-state index in [4.69, 9.17) is 4.74 Å². The van der Waals surface area contributed by atoms with Crippen molar-refractivity contribution in [2.24, 2.45) is 11.3 Å². The molecule has 0 aromatic carbocycles. The van der Waals surface area contributed by atoms with Crippen LogP contribution in [0.3, 0.4) is 0 Å². The van der Waals surface area contributed by atoms with Crippen molar-refractivity contribution in [1.82, 2.24) is 10.2 Å². The predicted octanol–water partition coefficient (Wildman–Crippen LogP) is 1.06. The zero-order valence-corrected chi connectivity index (χ0v) is 17.3. The number of hydrogen-bond acceptors (Lipinski definition) is 6. The number of carbonyl (C=O) groups is 3. The van der Waals surface area contributed by atoms with Crippen LogP contribution in [0.5, 0.6) is 0 Å². The fraction of sp³-hybridized carbons (Fsp3) is 0.833. The topological polar surface area (TPSA) is 102 Å². The first-order valence-electron chi connectivity index (χ1n) is 9.39. The van der Waals surface area contributed by atoms with Crippen molar-refractivity contribution in [1.29, 1.82) is 0 Å². The van der Waals surface area contributed by atoms with Crippen molar-refractivity contribution in [2.75, 3.05) is 31.8 Å². The summed E-state index contributed by atoms with van der Waals surface area (Å²) in [6.07, 6.45) is 1.26. The zero-order valence-electron chi connectivity index (χ0n) is 16.5. The molecule has 2 aliphatic rings. The number of amides is 2. The molecule has 0 aliphatic carbocycles. The van der Waals surface area contributed by atoms with E-state index < -0.39 is 34.9 Å². The Kier molecular flexibility index (Phi) is 7.25. The third-order valence-corrected chi connectivity index (χ3v) is 6.78. The average Bonchev–Trinajstić information content (AvgIpc) is 3.01. The number of carbonyl (C=O) groups excluding carboxylic acids is 3. The molecule has 2 saturated heterocycles. The lowest BCUT2D eigenvalue weighted by atomic mass is 9.80. The van der Waals surface area contributed by atoms with Gasteiger partial charge in [-0.25, -0.2) is 9.59 Å². The van der Waals surface area contributed by atoms with E-state index in [1.54, 1.807) is 11.8 Å². The number of nitrogens with one attached hydrogen (secondary N) is 1. The van der Waals surface area contributed by atoms with E-state index in [1.807, 2.05) is 13.8 Å². The molecule has 0 radical (unpaired) electrons. The van der Waals surface area contributed by atoms with Crippen LogP contribution in [-0.2, 0) is 29.9 Å². The van der Waals surface area contributed by atoms with Crippen molar-refractivity contribution in [3.63, 3.8) is 0 Å². The van der Waals surface area contributed by atoms with Gasteiger partial charge in [0.05, 0.1) is 13.7 Å². The number of alkyl carbamates (subject to hydrolysis) is 1. The summed E-state index contributed by atoms with van der Waals surface area (Å²) in [5.41, 5.74) is -0.214. The van der Waals surface area contributed by atoms with Crippen LogP contribution in [0.4, 0.5) is 4.79 Å². The van der Waals surface area contributed by atoms with E-state index >= 15 is 0 Å². The molecule has 9 heteroatoms. The molecule has 8 nitrogen and oxygen atoms in total. The zero-order chi connectivity index (χ0) is 20.2. The van der Waals surface area contributed by atoms with E-state index in [1.165, 1.54) is 7.11 Å². The fourth-order valence-corrected chi connectivity index (χ4v) is 5.39. The average molecular weight is 403 g/mol. The standard InChI is InChI=1S/C18H30N2O6S/c1-5-26-16(22)13-10-18(6-8-27(24)9-7-18)11-20(13)15(21)14(12(2)3)19-17(23)25-4/h12-14H,5-11H2,1-4H3,(H,19,23). The lowest BCUT2D eigenvalue weighted by Crippen LogP contribution is -2.54. The monoisotopic (exact) mass is 402 g/mol. The molecule has 2 fully saturated rings. The molecule has 1 spiro atoms. The summed E-state index contributed by atoms with van der Waals surface area (Å²) in [5, 5.41) is 2.58. The van der Waals surface area contributed by atoms with Gasteiger partial charge in [0.15, 0.2) is 0 Å². The predicted molar refractivity (Wildman–Crippen MR) is 100 cm³/mol. The number of hydrogen-bond donors (Lipinski definition) is 1. The van der Waals surface area contributed by atoms with E-state index in [9.17, 15) is 18.6 Å². The highest BCUT2D eigenvalue weighted by Crippen LogP contribution is 2.44. The largest absolute Gasteiger partial charge is 0.464 e. The maximum absolute atomic E-state index is 13.2. The Bertz CT molecular complexity index is 599. The van der Waals surface area contributed by atoms with Crippen molar-refractivity contribution < 1.29 is 28.1 Å². The van der Waals surface area contributed by atoms with Gasteiger partial charge in [0.2, 0.25) is 5.91 Å². The first-order chi connectivity index (χ1) is 12.7. The van der Waals surface area contributed by atoms with Crippen LogP contribution in [0.2, 0.25) is 0 Å². The van der Waals surface area contributed by atoms with Gasteiger partial charge in [0.25, 0.3) is 0 Å². The van der Waals surface area contributed by atoms with Crippen molar-refractivity contribution in [3.05, 3.63) is 0 Å². The minimum atomic E-state index is -0.828. The Labute approximate surface area is 162 Å². The molecular weight excluding hydrogens is 372 g/mol.